The molecule has 2 aromatic heterocycles. The minimum atomic E-state index is 0.0468. The first kappa shape index (κ1) is 16.8. The molecule has 0 aromatic carbocycles. The zero-order valence-corrected chi connectivity index (χ0v) is 15.1. The molecule has 5 nitrogen and oxygen atoms in total. The normalized spacial score (nSPS) is 21.6. The molecule has 0 saturated carbocycles. The summed E-state index contributed by atoms with van der Waals surface area (Å²) in [5.41, 5.74) is 2.73. The lowest BCUT2D eigenvalue weighted by Gasteiger charge is -2.47. The van der Waals surface area contributed by atoms with Crippen LogP contribution in [0.1, 0.15) is 24.1 Å². The van der Waals surface area contributed by atoms with Crippen molar-refractivity contribution in [1.29, 1.82) is 0 Å². The summed E-state index contributed by atoms with van der Waals surface area (Å²) in [5.74, 6) is 0. The van der Waals surface area contributed by atoms with Crippen LogP contribution in [0.25, 0.3) is 0 Å². The summed E-state index contributed by atoms with van der Waals surface area (Å²) in [7, 11) is 2.13. The fourth-order valence-corrected chi connectivity index (χ4v) is 4.12. The van der Waals surface area contributed by atoms with Crippen LogP contribution in [0.4, 0.5) is 0 Å². The van der Waals surface area contributed by atoms with E-state index in [1.54, 1.807) is 0 Å². The predicted octanol–water partition coefficient (Wildman–Crippen LogP) is 2.29. The molecule has 5 heteroatoms. The molecule has 2 aliphatic heterocycles. The number of pyridine rings is 1. The van der Waals surface area contributed by atoms with Gasteiger partial charge in [0.05, 0.1) is 12.2 Å². The Morgan fingerprint density at radius 2 is 1.96 bits per heavy atom. The Morgan fingerprint density at radius 3 is 2.68 bits per heavy atom. The Labute approximate surface area is 150 Å². The molecule has 2 aromatic rings. The van der Waals surface area contributed by atoms with Crippen molar-refractivity contribution in [3.63, 3.8) is 0 Å². The van der Waals surface area contributed by atoms with Crippen LogP contribution in [0.15, 0.2) is 42.9 Å². The first-order valence-corrected chi connectivity index (χ1v) is 9.30. The highest BCUT2D eigenvalue weighted by molar-refractivity contribution is 5.09. The van der Waals surface area contributed by atoms with E-state index in [-0.39, 0.29) is 5.60 Å². The second kappa shape index (κ2) is 7.28. The summed E-state index contributed by atoms with van der Waals surface area (Å²) in [6.45, 7) is 7.16. The molecule has 4 heterocycles. The highest BCUT2D eigenvalue weighted by Crippen LogP contribution is 2.31. The smallest absolute Gasteiger partial charge is 0.0833 e. The second-order valence-corrected chi connectivity index (χ2v) is 7.49. The fraction of sp³-hybridized carbons (Fsp3) is 0.550. The fourth-order valence-electron chi connectivity index (χ4n) is 4.12. The topological polar surface area (TPSA) is 33.5 Å². The number of hydrogen-bond acceptors (Lipinski definition) is 4. The maximum atomic E-state index is 6.29. The van der Waals surface area contributed by atoms with E-state index in [2.05, 4.69) is 50.8 Å². The summed E-state index contributed by atoms with van der Waals surface area (Å²) >= 11 is 0. The Bertz CT molecular complexity index is 676. The van der Waals surface area contributed by atoms with Gasteiger partial charge >= 0.3 is 0 Å². The molecule has 1 spiro atoms. The van der Waals surface area contributed by atoms with Gasteiger partial charge in [-0.3, -0.25) is 14.8 Å². The third kappa shape index (κ3) is 3.94. The minimum Gasteiger partial charge on any atom is -0.372 e. The number of ether oxygens (including phenoxy) is 1. The highest BCUT2D eigenvalue weighted by Gasteiger charge is 2.39. The van der Waals surface area contributed by atoms with Crippen LogP contribution in [0.5, 0.6) is 0 Å². The molecule has 25 heavy (non-hydrogen) atoms. The molecule has 0 amide bonds. The first-order valence-electron chi connectivity index (χ1n) is 9.30. The van der Waals surface area contributed by atoms with Gasteiger partial charge < -0.3 is 9.30 Å². The largest absolute Gasteiger partial charge is 0.372 e. The van der Waals surface area contributed by atoms with E-state index in [0.717, 1.165) is 58.7 Å². The molecule has 134 valence electrons. The lowest BCUT2D eigenvalue weighted by atomic mass is 9.89. The van der Waals surface area contributed by atoms with Gasteiger partial charge in [0.2, 0.25) is 0 Å². The lowest BCUT2D eigenvalue weighted by Crippen LogP contribution is -2.56. The van der Waals surface area contributed by atoms with Gasteiger partial charge in [0.25, 0.3) is 0 Å². The number of morpholine rings is 1. The number of hydrogen-bond donors (Lipinski definition) is 0. The quantitative estimate of drug-likeness (QED) is 0.855. The van der Waals surface area contributed by atoms with Crippen LogP contribution in [-0.2, 0) is 24.9 Å². The summed E-state index contributed by atoms with van der Waals surface area (Å²) in [6, 6.07) is 8.53. The molecule has 0 aliphatic carbocycles. The van der Waals surface area contributed by atoms with E-state index >= 15 is 0 Å². The number of aromatic nitrogens is 2. The number of likely N-dealkylation sites (tertiary alicyclic amines) is 1. The van der Waals surface area contributed by atoms with Crippen LogP contribution < -0.4 is 0 Å². The van der Waals surface area contributed by atoms with Crippen LogP contribution in [0, 0.1) is 0 Å². The maximum Gasteiger partial charge on any atom is 0.0833 e. The van der Waals surface area contributed by atoms with Crippen molar-refractivity contribution in [2.75, 3.05) is 32.8 Å². The van der Waals surface area contributed by atoms with E-state index in [1.165, 1.54) is 11.3 Å². The van der Waals surface area contributed by atoms with Crippen LogP contribution >= 0.6 is 0 Å². The van der Waals surface area contributed by atoms with Crippen LogP contribution in [0.2, 0.25) is 0 Å². The maximum absolute atomic E-state index is 6.29. The summed E-state index contributed by atoms with van der Waals surface area (Å²) < 4.78 is 8.51. The Kier molecular flexibility index (Phi) is 4.88. The van der Waals surface area contributed by atoms with E-state index in [0.29, 0.717) is 0 Å². The van der Waals surface area contributed by atoms with Gasteiger partial charge in [-0.1, -0.05) is 6.07 Å². The molecule has 2 fully saturated rings. The number of aryl methyl sites for hydroxylation is 1. The van der Waals surface area contributed by atoms with Crippen molar-refractivity contribution in [3.05, 3.63) is 54.1 Å². The molecular weight excluding hydrogens is 312 g/mol. The molecule has 2 saturated heterocycles. The Balaban J connectivity index is 1.33. The zero-order chi connectivity index (χ0) is 17.1. The first-order chi connectivity index (χ1) is 12.2. The van der Waals surface area contributed by atoms with Gasteiger partial charge in [-0.25, -0.2) is 0 Å². The molecule has 2 aliphatic rings. The SMILES string of the molecule is Cn1cccc1CN1CCC2(CC1)CN(Cc1cccnc1)CCO2. The summed E-state index contributed by atoms with van der Waals surface area (Å²) in [4.78, 5) is 9.33. The lowest BCUT2D eigenvalue weighted by molar-refractivity contribution is -0.138. The van der Waals surface area contributed by atoms with Crippen LogP contribution in [-0.4, -0.2) is 57.7 Å². The monoisotopic (exact) mass is 340 g/mol. The average molecular weight is 340 g/mol. The van der Waals surface area contributed by atoms with Gasteiger partial charge in [-0.05, 0) is 36.6 Å². The van der Waals surface area contributed by atoms with E-state index < -0.39 is 0 Å². The third-order valence-corrected chi connectivity index (χ3v) is 5.66. The van der Waals surface area contributed by atoms with Gasteiger partial charge in [-0.15, -0.1) is 0 Å². The average Bonchev–Trinajstić information content (AvgIpc) is 3.03. The Hall–Kier alpha value is -1.69. The highest BCUT2D eigenvalue weighted by atomic mass is 16.5. The van der Waals surface area contributed by atoms with Crippen LogP contribution in [0.3, 0.4) is 0 Å². The standard InChI is InChI=1S/C20H28N4O/c1-22-9-3-5-19(22)16-23-10-6-20(7-11-23)17-24(12-13-25-20)15-18-4-2-8-21-14-18/h2-5,8-9,14H,6-7,10-13,15-17H2,1H3. The van der Waals surface area contributed by atoms with Gasteiger partial charge in [0.1, 0.15) is 0 Å². The van der Waals surface area contributed by atoms with Gasteiger partial charge in [0.15, 0.2) is 0 Å². The predicted molar refractivity (Wildman–Crippen MR) is 98.1 cm³/mol. The second-order valence-electron chi connectivity index (χ2n) is 7.49. The molecular formula is C20H28N4O. The van der Waals surface area contributed by atoms with Crippen molar-refractivity contribution >= 4 is 0 Å². The molecule has 4 rings (SSSR count). The molecule has 0 atom stereocenters. The Morgan fingerprint density at radius 1 is 1.08 bits per heavy atom. The third-order valence-electron chi connectivity index (χ3n) is 5.66. The zero-order valence-electron chi connectivity index (χ0n) is 15.1. The van der Waals surface area contributed by atoms with E-state index in [1.807, 2.05) is 18.5 Å². The molecule has 0 radical (unpaired) electrons. The molecule has 0 bridgehead atoms. The number of rotatable bonds is 4. The van der Waals surface area contributed by atoms with Crippen molar-refractivity contribution in [2.24, 2.45) is 7.05 Å². The summed E-state index contributed by atoms with van der Waals surface area (Å²) in [6.07, 6.45) is 8.20. The number of piperidine rings is 1. The van der Waals surface area contributed by atoms with Crippen molar-refractivity contribution in [2.45, 2.75) is 31.5 Å². The van der Waals surface area contributed by atoms with Crippen molar-refractivity contribution in [3.8, 4) is 0 Å². The minimum absolute atomic E-state index is 0.0468. The van der Waals surface area contributed by atoms with E-state index in [4.69, 9.17) is 4.74 Å². The van der Waals surface area contributed by atoms with Crippen molar-refractivity contribution in [1.82, 2.24) is 19.4 Å². The van der Waals surface area contributed by atoms with Gasteiger partial charge in [0, 0.05) is 70.6 Å². The number of nitrogens with zero attached hydrogens (tertiary/aromatic N) is 4. The summed E-state index contributed by atoms with van der Waals surface area (Å²) in [5, 5.41) is 0. The molecule has 0 unspecified atom stereocenters. The van der Waals surface area contributed by atoms with Gasteiger partial charge in [-0.2, -0.15) is 0 Å². The van der Waals surface area contributed by atoms with Crippen molar-refractivity contribution < 1.29 is 4.74 Å². The van der Waals surface area contributed by atoms with E-state index in [9.17, 15) is 0 Å². The molecule has 0 N–H and O–H groups in total.